The van der Waals surface area contributed by atoms with E-state index in [0.29, 0.717) is 4.68 Å². The Kier molecular flexibility index (Phi) is 4.18. The van der Waals surface area contributed by atoms with Crippen molar-refractivity contribution in [3.8, 4) is 0 Å². The van der Waals surface area contributed by atoms with Crippen molar-refractivity contribution < 1.29 is 9.28 Å². The third-order valence-corrected chi connectivity index (χ3v) is 2.73. The molecular weight excluding hydrogens is 193 g/mol. The van der Waals surface area contributed by atoms with Gasteiger partial charge in [-0.25, -0.2) is 0 Å². The minimum atomic E-state index is 0.228. The van der Waals surface area contributed by atoms with E-state index in [1.165, 1.54) is 0 Å². The summed E-state index contributed by atoms with van der Waals surface area (Å²) in [6.07, 6.45) is 0. The molecule has 0 aromatic heterocycles. The van der Waals surface area contributed by atoms with Crippen molar-refractivity contribution >= 4 is 19.6 Å². The summed E-state index contributed by atoms with van der Waals surface area (Å²) in [5.41, 5.74) is 0. The summed E-state index contributed by atoms with van der Waals surface area (Å²) in [6.45, 7) is 2.79. The number of carbonyl (C=O) groups is 1. The summed E-state index contributed by atoms with van der Waals surface area (Å²) in [5, 5.41) is 1.08. The monoisotopic (exact) mass is 210 g/mol. The van der Waals surface area contributed by atoms with Crippen LogP contribution in [0.5, 0.6) is 0 Å². The first-order valence-corrected chi connectivity index (χ1v) is 5.42. The van der Waals surface area contributed by atoms with Crippen molar-refractivity contribution in [2.75, 3.05) is 27.7 Å². The van der Waals surface area contributed by atoms with Gasteiger partial charge in [0.15, 0.2) is 0 Å². The number of carbonyl (C=O) groups excluding carboxylic acids is 1. The Labute approximate surface area is 69.3 Å². The zero-order valence-corrected chi connectivity index (χ0v) is 8.89. The molecule has 60 valence electrons. The van der Waals surface area contributed by atoms with Gasteiger partial charge < -0.3 is 0 Å². The van der Waals surface area contributed by atoms with Crippen LogP contribution in [0.15, 0.2) is 0 Å². The van der Waals surface area contributed by atoms with Crippen molar-refractivity contribution in [2.24, 2.45) is 0 Å². The Morgan fingerprint density at radius 3 is 2.20 bits per heavy atom. The van der Waals surface area contributed by atoms with Gasteiger partial charge in [0.05, 0.1) is 0 Å². The van der Waals surface area contributed by atoms with Crippen LogP contribution in [-0.4, -0.2) is 51.8 Å². The van der Waals surface area contributed by atoms with Gasteiger partial charge in [-0.2, -0.15) is 0 Å². The van der Waals surface area contributed by atoms with E-state index >= 15 is 0 Å². The maximum atomic E-state index is 10.6. The average Bonchev–Trinajstić information content (AvgIpc) is 1.59. The third kappa shape index (κ3) is 8.15. The Morgan fingerprint density at radius 2 is 1.90 bits per heavy atom. The van der Waals surface area contributed by atoms with E-state index in [1.54, 1.807) is 6.92 Å². The van der Waals surface area contributed by atoms with Crippen molar-refractivity contribution in [3.63, 3.8) is 0 Å². The molecule has 0 rings (SSSR count). The van der Waals surface area contributed by atoms with Crippen LogP contribution in [-0.2, 0) is 4.79 Å². The Hall–Kier alpha value is 0.149. The molecule has 3 heteroatoms. The topological polar surface area (TPSA) is 17.1 Å². The molecule has 0 N–H and O–H groups in total. The summed E-state index contributed by atoms with van der Waals surface area (Å²) in [4.78, 5) is 10.6. The molecule has 0 amide bonds. The van der Waals surface area contributed by atoms with Gasteiger partial charge in [0.25, 0.3) is 0 Å². The molecule has 0 saturated carbocycles. The van der Waals surface area contributed by atoms with Gasteiger partial charge in [-0.3, -0.25) is 0 Å². The van der Waals surface area contributed by atoms with Gasteiger partial charge in [0.2, 0.25) is 0 Å². The first-order chi connectivity index (χ1) is 4.42. The van der Waals surface area contributed by atoms with E-state index in [1.807, 2.05) is 0 Å². The van der Waals surface area contributed by atoms with E-state index < -0.39 is 0 Å². The van der Waals surface area contributed by atoms with Gasteiger partial charge in [-0.05, 0) is 0 Å². The molecule has 0 spiro atoms. The zero-order valence-electron chi connectivity index (χ0n) is 7.18. The molecule has 0 bridgehead atoms. The first-order valence-electron chi connectivity index (χ1n) is 3.35. The van der Waals surface area contributed by atoms with Crippen LogP contribution in [0, 0.1) is 0 Å². The second-order valence-electron chi connectivity index (χ2n) is 3.35. The Balaban J connectivity index is 3.29. The molecule has 0 heterocycles. The van der Waals surface area contributed by atoms with Crippen LogP contribution < -0.4 is 0 Å². The van der Waals surface area contributed by atoms with E-state index in [-0.39, 0.29) is 15.0 Å². The molecule has 0 aromatic rings. The summed E-state index contributed by atoms with van der Waals surface area (Å²) in [7, 11) is 6.45. The second-order valence-corrected chi connectivity index (χ2v) is 6.02. The van der Waals surface area contributed by atoms with Crippen molar-refractivity contribution in [3.05, 3.63) is 0 Å². The predicted molar refractivity (Wildman–Crippen MR) is 44.1 cm³/mol. The number of hydrogen-bond acceptors (Lipinski definition) is 1. The van der Waals surface area contributed by atoms with Gasteiger partial charge in [-0.15, -0.1) is 0 Å². The van der Waals surface area contributed by atoms with E-state index in [9.17, 15) is 4.79 Å². The fourth-order valence-corrected chi connectivity index (χ4v) is 2.41. The van der Waals surface area contributed by atoms with Gasteiger partial charge in [0, 0.05) is 0 Å². The van der Waals surface area contributed by atoms with E-state index in [2.05, 4.69) is 21.1 Å². The van der Waals surface area contributed by atoms with Gasteiger partial charge in [-0.1, -0.05) is 0 Å². The molecule has 10 heavy (non-hydrogen) atoms. The number of hydrogen-bond donors (Lipinski definition) is 0. The molecular formula is C7H16NOSe+. The van der Waals surface area contributed by atoms with Crippen LogP contribution in [0.3, 0.4) is 0 Å². The fourth-order valence-electron chi connectivity index (χ4n) is 0.463. The standard InChI is InChI=1S/C7H16NOSe/c1-7(9)10-6-5-8(2,3)4/h5-6H2,1-4H3/q+1. The zero-order chi connectivity index (χ0) is 8.20. The Morgan fingerprint density at radius 1 is 1.40 bits per heavy atom. The van der Waals surface area contributed by atoms with E-state index in [4.69, 9.17) is 0 Å². The van der Waals surface area contributed by atoms with Crippen LogP contribution in [0.1, 0.15) is 6.92 Å². The second kappa shape index (κ2) is 4.12. The van der Waals surface area contributed by atoms with Crippen LogP contribution in [0.2, 0.25) is 5.32 Å². The Bertz CT molecular complexity index is 117. The average molecular weight is 209 g/mol. The van der Waals surface area contributed by atoms with Crippen LogP contribution in [0.25, 0.3) is 0 Å². The normalized spacial score (nSPS) is 11.6. The van der Waals surface area contributed by atoms with Crippen molar-refractivity contribution in [1.29, 1.82) is 0 Å². The molecule has 0 saturated heterocycles. The number of rotatable bonds is 4. The SMILES string of the molecule is CC(=O)[Se]CC[N+](C)(C)C. The summed E-state index contributed by atoms with van der Waals surface area (Å²) >= 11 is 0.228. The first kappa shape index (κ1) is 10.1. The van der Waals surface area contributed by atoms with Gasteiger partial charge in [0.1, 0.15) is 0 Å². The number of nitrogens with zero attached hydrogens (tertiary/aromatic N) is 1. The molecule has 0 aliphatic heterocycles. The molecule has 0 fully saturated rings. The molecule has 0 atom stereocenters. The fraction of sp³-hybridized carbons (Fsp3) is 0.857. The van der Waals surface area contributed by atoms with Gasteiger partial charge >= 0.3 is 68.8 Å². The molecule has 0 unspecified atom stereocenters. The quantitative estimate of drug-likeness (QED) is 0.482. The molecule has 0 aliphatic carbocycles. The van der Waals surface area contributed by atoms with E-state index in [0.717, 1.165) is 16.3 Å². The molecule has 0 radical (unpaired) electrons. The summed E-state index contributed by atoms with van der Waals surface area (Å²) in [6, 6.07) is 0. The molecule has 0 aliphatic rings. The summed E-state index contributed by atoms with van der Waals surface area (Å²) in [5.74, 6) is 0. The third-order valence-electron chi connectivity index (χ3n) is 1.07. The molecule has 2 nitrogen and oxygen atoms in total. The predicted octanol–water partition coefficient (Wildman–Crippen LogP) is 0.362. The summed E-state index contributed by atoms with van der Waals surface area (Å²) < 4.78 is 1.33. The van der Waals surface area contributed by atoms with Crippen LogP contribution >= 0.6 is 0 Å². The molecule has 0 aromatic carbocycles. The number of quaternary nitrogens is 1. The minimum absolute atomic E-state index is 0.228. The van der Waals surface area contributed by atoms with Crippen molar-refractivity contribution in [2.45, 2.75) is 12.2 Å². The maximum absolute atomic E-state index is 10.6. The van der Waals surface area contributed by atoms with Crippen LogP contribution in [0.4, 0.5) is 0 Å². The van der Waals surface area contributed by atoms with Crippen molar-refractivity contribution in [1.82, 2.24) is 0 Å².